The summed E-state index contributed by atoms with van der Waals surface area (Å²) in [7, 11) is 0. The number of aromatic nitrogens is 1. The molecule has 0 aliphatic carbocycles. The van der Waals surface area contributed by atoms with Gasteiger partial charge >= 0.3 is 5.97 Å². The van der Waals surface area contributed by atoms with Crippen molar-refractivity contribution in [3.8, 4) is 5.75 Å². The first-order valence-electron chi connectivity index (χ1n) is 10.5. The zero-order valence-corrected chi connectivity index (χ0v) is 18.3. The summed E-state index contributed by atoms with van der Waals surface area (Å²) in [5.41, 5.74) is 4.25. The molecule has 0 aliphatic rings. The van der Waals surface area contributed by atoms with E-state index in [9.17, 15) is 4.79 Å². The first-order chi connectivity index (χ1) is 15.7. The Morgan fingerprint density at radius 1 is 1.00 bits per heavy atom. The molecule has 1 heterocycles. The number of rotatable bonds is 9. The van der Waals surface area contributed by atoms with Crippen molar-refractivity contribution in [2.45, 2.75) is 19.4 Å². The lowest BCUT2D eigenvalue weighted by molar-refractivity contribution is -0.137. The van der Waals surface area contributed by atoms with Crippen LogP contribution in [-0.4, -0.2) is 17.6 Å². The Morgan fingerprint density at radius 2 is 1.81 bits per heavy atom. The van der Waals surface area contributed by atoms with Gasteiger partial charge in [-0.25, -0.2) is 4.79 Å². The Balaban J connectivity index is 1.20. The molecule has 4 nitrogen and oxygen atoms in total. The summed E-state index contributed by atoms with van der Waals surface area (Å²) in [4.78, 5) is 15.2. The molecule has 4 aromatic rings. The number of hydrogen-bond donors (Lipinski definition) is 1. The van der Waals surface area contributed by atoms with E-state index in [4.69, 9.17) is 21.1 Å². The Labute approximate surface area is 192 Å². The number of halogens is 1. The summed E-state index contributed by atoms with van der Waals surface area (Å²) < 4.78 is 11.1. The van der Waals surface area contributed by atoms with Crippen LogP contribution in [0.2, 0.25) is 5.02 Å². The van der Waals surface area contributed by atoms with E-state index >= 15 is 0 Å². The second kappa shape index (κ2) is 10.7. The number of nitrogens with one attached hydrogen (secondary N) is 1. The van der Waals surface area contributed by atoms with E-state index in [0.29, 0.717) is 18.2 Å². The van der Waals surface area contributed by atoms with Crippen molar-refractivity contribution < 1.29 is 14.3 Å². The number of aryl methyl sites for hydroxylation is 1. The van der Waals surface area contributed by atoms with E-state index in [0.717, 1.165) is 40.6 Å². The molecule has 0 fully saturated rings. The van der Waals surface area contributed by atoms with E-state index in [-0.39, 0.29) is 5.97 Å². The molecular formula is C27H24ClNO3. The highest BCUT2D eigenvalue weighted by Gasteiger charge is 2.05. The summed E-state index contributed by atoms with van der Waals surface area (Å²) in [5, 5.41) is 1.82. The summed E-state index contributed by atoms with van der Waals surface area (Å²) in [6.07, 6.45) is 6.72. The third-order valence-electron chi connectivity index (χ3n) is 5.10. The predicted octanol–water partition coefficient (Wildman–Crippen LogP) is 6.59. The highest BCUT2D eigenvalue weighted by Crippen LogP contribution is 2.23. The molecule has 32 heavy (non-hydrogen) atoms. The standard InChI is InChI=1S/C27H24ClNO3/c28-23-11-14-26-25(17-23)22(18-29-26)7-4-16-31-27(30)15-10-20-8-12-24(13-9-20)32-19-21-5-2-1-3-6-21/h1-3,5-6,8-15,17-18,29H,4,7,16,19H2/b15-10+. The van der Waals surface area contributed by atoms with Crippen molar-refractivity contribution in [1.29, 1.82) is 0 Å². The third-order valence-corrected chi connectivity index (χ3v) is 5.34. The first-order valence-corrected chi connectivity index (χ1v) is 10.9. The van der Waals surface area contributed by atoms with Crippen molar-refractivity contribution in [2.75, 3.05) is 6.61 Å². The molecule has 0 bridgehead atoms. The van der Waals surface area contributed by atoms with E-state index in [1.165, 1.54) is 11.6 Å². The SMILES string of the molecule is O=C(/C=C/c1ccc(OCc2ccccc2)cc1)OCCCc1c[nH]c2ccc(Cl)cc12. The molecule has 0 amide bonds. The minimum absolute atomic E-state index is 0.351. The normalized spacial score (nSPS) is 11.2. The molecule has 0 radical (unpaired) electrons. The van der Waals surface area contributed by atoms with Gasteiger partial charge in [0.05, 0.1) is 6.61 Å². The van der Waals surface area contributed by atoms with Crippen LogP contribution in [0, 0.1) is 0 Å². The topological polar surface area (TPSA) is 51.3 Å². The van der Waals surface area contributed by atoms with Crippen molar-refractivity contribution >= 4 is 34.5 Å². The number of H-pyrrole nitrogens is 1. The fourth-order valence-electron chi connectivity index (χ4n) is 3.42. The van der Waals surface area contributed by atoms with E-state index in [1.54, 1.807) is 6.08 Å². The molecule has 0 saturated carbocycles. The highest BCUT2D eigenvalue weighted by atomic mass is 35.5. The Hall–Kier alpha value is -3.50. The van der Waals surface area contributed by atoms with Crippen LogP contribution >= 0.6 is 11.6 Å². The quantitative estimate of drug-likeness (QED) is 0.179. The Bertz CT molecular complexity index is 1200. The lowest BCUT2D eigenvalue weighted by Gasteiger charge is -2.06. The molecule has 0 saturated heterocycles. The van der Waals surface area contributed by atoms with Crippen molar-refractivity contribution in [3.05, 3.63) is 107 Å². The number of carbonyl (C=O) groups excluding carboxylic acids is 1. The van der Waals surface area contributed by atoms with Crippen LogP contribution in [0.3, 0.4) is 0 Å². The molecule has 0 atom stereocenters. The summed E-state index contributed by atoms with van der Waals surface area (Å²) >= 11 is 6.09. The maximum atomic E-state index is 12.0. The Morgan fingerprint density at radius 3 is 2.62 bits per heavy atom. The van der Waals surface area contributed by atoms with Crippen molar-refractivity contribution in [2.24, 2.45) is 0 Å². The van der Waals surface area contributed by atoms with E-state index in [1.807, 2.05) is 79.0 Å². The molecule has 162 valence electrons. The lowest BCUT2D eigenvalue weighted by atomic mass is 10.1. The van der Waals surface area contributed by atoms with Gasteiger partial charge in [-0.2, -0.15) is 0 Å². The van der Waals surface area contributed by atoms with Crippen molar-refractivity contribution in [1.82, 2.24) is 4.98 Å². The molecule has 1 N–H and O–H groups in total. The average Bonchev–Trinajstić information content (AvgIpc) is 3.22. The zero-order chi connectivity index (χ0) is 22.2. The van der Waals surface area contributed by atoms with Gasteiger partial charge in [0.2, 0.25) is 0 Å². The second-order valence-electron chi connectivity index (χ2n) is 7.45. The molecule has 1 aromatic heterocycles. The monoisotopic (exact) mass is 445 g/mol. The van der Waals surface area contributed by atoms with Gasteiger partial charge in [0.15, 0.2) is 0 Å². The number of hydrogen-bond acceptors (Lipinski definition) is 3. The van der Waals surface area contributed by atoms with Gasteiger partial charge in [-0.05, 0) is 65.9 Å². The van der Waals surface area contributed by atoms with Crippen LogP contribution in [-0.2, 0) is 22.6 Å². The number of fused-ring (bicyclic) bond motifs is 1. The minimum Gasteiger partial charge on any atom is -0.489 e. The van der Waals surface area contributed by atoms with Crippen LogP contribution in [0.1, 0.15) is 23.1 Å². The number of esters is 1. The molecule has 4 rings (SSSR count). The molecule has 5 heteroatoms. The summed E-state index contributed by atoms with van der Waals surface area (Å²) in [6.45, 7) is 0.886. The second-order valence-corrected chi connectivity index (χ2v) is 7.89. The minimum atomic E-state index is -0.351. The lowest BCUT2D eigenvalue weighted by Crippen LogP contribution is -2.03. The van der Waals surface area contributed by atoms with Gasteiger partial charge in [0, 0.05) is 28.2 Å². The largest absolute Gasteiger partial charge is 0.489 e. The third kappa shape index (κ3) is 6.02. The molecule has 0 spiro atoms. The predicted molar refractivity (Wildman–Crippen MR) is 129 cm³/mol. The summed E-state index contributed by atoms with van der Waals surface area (Å²) in [6, 6.07) is 23.4. The fourth-order valence-corrected chi connectivity index (χ4v) is 3.59. The van der Waals surface area contributed by atoms with Crippen LogP contribution in [0.5, 0.6) is 5.75 Å². The van der Waals surface area contributed by atoms with E-state index in [2.05, 4.69) is 4.98 Å². The van der Waals surface area contributed by atoms with Crippen LogP contribution in [0.4, 0.5) is 0 Å². The van der Waals surface area contributed by atoms with E-state index < -0.39 is 0 Å². The summed E-state index contributed by atoms with van der Waals surface area (Å²) in [5.74, 6) is 0.434. The van der Waals surface area contributed by atoms with Gasteiger partial charge < -0.3 is 14.5 Å². The first kappa shape index (κ1) is 21.7. The van der Waals surface area contributed by atoms with Gasteiger partial charge in [-0.1, -0.05) is 54.1 Å². The number of ether oxygens (including phenoxy) is 2. The Kier molecular flexibility index (Phi) is 7.26. The fraction of sp³-hybridized carbons (Fsp3) is 0.148. The molecular weight excluding hydrogens is 422 g/mol. The molecule has 0 unspecified atom stereocenters. The number of benzene rings is 3. The molecule has 3 aromatic carbocycles. The van der Waals surface area contributed by atoms with Gasteiger partial charge in [-0.3, -0.25) is 0 Å². The number of aromatic amines is 1. The zero-order valence-electron chi connectivity index (χ0n) is 17.6. The van der Waals surface area contributed by atoms with Crippen LogP contribution < -0.4 is 4.74 Å². The van der Waals surface area contributed by atoms with Gasteiger partial charge in [0.1, 0.15) is 12.4 Å². The van der Waals surface area contributed by atoms with Crippen LogP contribution in [0.25, 0.3) is 17.0 Å². The maximum absolute atomic E-state index is 12.0. The maximum Gasteiger partial charge on any atom is 0.330 e. The van der Waals surface area contributed by atoms with Crippen LogP contribution in [0.15, 0.2) is 85.1 Å². The van der Waals surface area contributed by atoms with Gasteiger partial charge in [0.25, 0.3) is 0 Å². The van der Waals surface area contributed by atoms with Crippen molar-refractivity contribution in [3.63, 3.8) is 0 Å². The highest BCUT2D eigenvalue weighted by molar-refractivity contribution is 6.31. The molecule has 0 aliphatic heterocycles. The smallest absolute Gasteiger partial charge is 0.330 e. The number of carbonyl (C=O) groups is 1. The van der Waals surface area contributed by atoms with Gasteiger partial charge in [-0.15, -0.1) is 0 Å². The average molecular weight is 446 g/mol.